The van der Waals surface area contributed by atoms with Crippen LogP contribution in [0.3, 0.4) is 0 Å². The Morgan fingerprint density at radius 1 is 1.83 bits per heavy atom. The summed E-state index contributed by atoms with van der Waals surface area (Å²) in [5.41, 5.74) is 6.22. The smallest absolute Gasteiger partial charge is 0.307 e. The number of aliphatic carboxylic acids is 1. The minimum Gasteiger partial charge on any atom is -0.481 e. The van der Waals surface area contributed by atoms with E-state index < -0.39 is 5.97 Å². The van der Waals surface area contributed by atoms with Crippen LogP contribution < -0.4 is 5.73 Å². The summed E-state index contributed by atoms with van der Waals surface area (Å²) in [6.45, 7) is 0. The largest absolute Gasteiger partial charge is 0.481 e. The number of nitrogens with two attached hydrogens (primary N) is 1. The molecule has 3 N–H and O–H groups in total. The van der Waals surface area contributed by atoms with Crippen LogP contribution in [-0.2, 0) is 11.2 Å². The first-order valence-electron chi connectivity index (χ1n) is 3.13. The Bertz CT molecular complexity index is 351. The average Bonchev–Trinajstić information content (AvgIpc) is 2.30. The molecule has 1 heterocycles. The van der Waals surface area contributed by atoms with E-state index in [0.717, 1.165) is 0 Å². The molecule has 1 rings (SSSR count). The zero-order chi connectivity index (χ0) is 9.14. The zero-order valence-electron chi connectivity index (χ0n) is 6.07. The Balaban J connectivity index is 3.01. The van der Waals surface area contributed by atoms with Crippen molar-refractivity contribution in [2.45, 2.75) is 6.42 Å². The number of hydrogen-bond donors (Lipinski definition) is 2. The maximum atomic E-state index is 10.3. The van der Waals surface area contributed by atoms with Gasteiger partial charge in [-0.15, -0.1) is 11.3 Å². The minimum absolute atomic E-state index is 0.142. The number of carboxylic acid groups (broad SMARTS) is 1. The summed E-state index contributed by atoms with van der Waals surface area (Å²) in [4.78, 5) is 10.3. The Morgan fingerprint density at radius 3 is 3.00 bits per heavy atom. The summed E-state index contributed by atoms with van der Waals surface area (Å²) in [6.07, 6.45) is -0.142. The number of nitriles is 1. The first kappa shape index (κ1) is 8.56. The van der Waals surface area contributed by atoms with Crippen LogP contribution in [0.2, 0.25) is 0 Å². The number of thiophene rings is 1. The third kappa shape index (κ3) is 1.54. The van der Waals surface area contributed by atoms with Crippen molar-refractivity contribution in [3.05, 3.63) is 16.5 Å². The second-order valence-electron chi connectivity index (χ2n) is 2.18. The van der Waals surface area contributed by atoms with Gasteiger partial charge in [0.2, 0.25) is 0 Å². The maximum Gasteiger partial charge on any atom is 0.307 e. The molecule has 0 atom stereocenters. The van der Waals surface area contributed by atoms with E-state index in [-0.39, 0.29) is 6.42 Å². The predicted molar refractivity (Wildman–Crippen MR) is 44.8 cm³/mol. The van der Waals surface area contributed by atoms with Crippen LogP contribution in [0.15, 0.2) is 5.38 Å². The SMILES string of the molecule is N#Cc1c(CC(=O)O)csc1N. The van der Waals surface area contributed by atoms with Crippen molar-refractivity contribution in [2.75, 3.05) is 5.73 Å². The van der Waals surface area contributed by atoms with Gasteiger partial charge in [-0.3, -0.25) is 4.79 Å². The van der Waals surface area contributed by atoms with Gasteiger partial charge in [-0.2, -0.15) is 5.26 Å². The molecular formula is C7H6N2O2S. The second kappa shape index (κ2) is 3.24. The highest BCUT2D eigenvalue weighted by molar-refractivity contribution is 7.14. The lowest BCUT2D eigenvalue weighted by molar-refractivity contribution is -0.136. The van der Waals surface area contributed by atoms with Gasteiger partial charge in [0.1, 0.15) is 11.1 Å². The highest BCUT2D eigenvalue weighted by Crippen LogP contribution is 2.24. The van der Waals surface area contributed by atoms with Crippen molar-refractivity contribution in [1.82, 2.24) is 0 Å². The molecule has 1 aromatic heterocycles. The van der Waals surface area contributed by atoms with Crippen LogP contribution in [0.1, 0.15) is 11.1 Å². The monoisotopic (exact) mass is 182 g/mol. The number of anilines is 1. The van der Waals surface area contributed by atoms with Gasteiger partial charge in [-0.25, -0.2) is 0 Å². The fourth-order valence-corrected chi connectivity index (χ4v) is 1.60. The van der Waals surface area contributed by atoms with Crippen molar-refractivity contribution >= 4 is 22.3 Å². The number of carboxylic acids is 1. The van der Waals surface area contributed by atoms with E-state index in [0.29, 0.717) is 16.1 Å². The molecule has 1 aromatic rings. The molecule has 5 heteroatoms. The lowest BCUT2D eigenvalue weighted by atomic mass is 10.1. The van der Waals surface area contributed by atoms with Crippen molar-refractivity contribution in [3.8, 4) is 6.07 Å². The second-order valence-corrected chi connectivity index (χ2v) is 3.09. The van der Waals surface area contributed by atoms with E-state index in [1.54, 1.807) is 5.38 Å². The Kier molecular flexibility index (Phi) is 2.31. The summed E-state index contributed by atoms with van der Waals surface area (Å²) < 4.78 is 0. The van der Waals surface area contributed by atoms with E-state index >= 15 is 0 Å². The number of carbonyl (C=O) groups is 1. The fourth-order valence-electron chi connectivity index (χ4n) is 0.831. The fraction of sp³-hybridized carbons (Fsp3) is 0.143. The molecule has 0 aromatic carbocycles. The molecule has 0 unspecified atom stereocenters. The topological polar surface area (TPSA) is 87.1 Å². The molecule has 0 radical (unpaired) electrons. The van der Waals surface area contributed by atoms with Crippen LogP contribution in [0.25, 0.3) is 0 Å². The molecule has 0 fully saturated rings. The maximum absolute atomic E-state index is 10.3. The van der Waals surface area contributed by atoms with Crippen LogP contribution in [0.5, 0.6) is 0 Å². The Labute approximate surface area is 72.9 Å². The molecule has 0 amide bonds. The van der Waals surface area contributed by atoms with E-state index in [9.17, 15) is 4.79 Å². The number of nitrogens with zero attached hydrogens (tertiary/aromatic N) is 1. The molecule has 4 nitrogen and oxygen atoms in total. The predicted octanol–water partition coefficient (Wildman–Crippen LogP) is 0.829. The number of hydrogen-bond acceptors (Lipinski definition) is 4. The van der Waals surface area contributed by atoms with Crippen LogP contribution in [0.4, 0.5) is 5.00 Å². The first-order chi connectivity index (χ1) is 5.65. The molecule has 0 saturated carbocycles. The molecule has 62 valence electrons. The molecule has 0 bridgehead atoms. The van der Waals surface area contributed by atoms with Crippen molar-refractivity contribution in [3.63, 3.8) is 0 Å². The molecule has 0 spiro atoms. The van der Waals surface area contributed by atoms with Gasteiger partial charge >= 0.3 is 5.97 Å². The average molecular weight is 182 g/mol. The van der Waals surface area contributed by atoms with Crippen LogP contribution in [0, 0.1) is 11.3 Å². The van der Waals surface area contributed by atoms with Gasteiger partial charge in [0, 0.05) is 0 Å². The molecule has 0 aliphatic rings. The van der Waals surface area contributed by atoms with Gasteiger partial charge in [0.25, 0.3) is 0 Å². The third-order valence-electron chi connectivity index (χ3n) is 1.35. The minimum atomic E-state index is -0.954. The van der Waals surface area contributed by atoms with Gasteiger partial charge in [0.05, 0.1) is 12.0 Å². The third-order valence-corrected chi connectivity index (χ3v) is 2.21. The van der Waals surface area contributed by atoms with Crippen molar-refractivity contribution in [1.29, 1.82) is 5.26 Å². The van der Waals surface area contributed by atoms with Crippen molar-refractivity contribution in [2.24, 2.45) is 0 Å². The summed E-state index contributed by atoms with van der Waals surface area (Å²) >= 11 is 1.19. The standard InChI is InChI=1S/C7H6N2O2S/c8-2-5-4(1-6(10)11)3-12-7(5)9/h3H,1,9H2,(H,10,11). The van der Waals surface area contributed by atoms with Gasteiger partial charge in [-0.1, -0.05) is 0 Å². The molecule has 12 heavy (non-hydrogen) atoms. The highest BCUT2D eigenvalue weighted by atomic mass is 32.1. The van der Waals surface area contributed by atoms with Crippen molar-refractivity contribution < 1.29 is 9.90 Å². The van der Waals surface area contributed by atoms with Gasteiger partial charge in [-0.05, 0) is 10.9 Å². The molecule has 0 aliphatic heterocycles. The lowest BCUT2D eigenvalue weighted by Crippen LogP contribution is -2.00. The number of rotatable bonds is 2. The summed E-state index contributed by atoms with van der Waals surface area (Å²) in [7, 11) is 0. The zero-order valence-corrected chi connectivity index (χ0v) is 6.89. The van der Waals surface area contributed by atoms with Crippen LogP contribution in [-0.4, -0.2) is 11.1 Å². The Morgan fingerprint density at radius 2 is 2.50 bits per heavy atom. The van der Waals surface area contributed by atoms with Gasteiger partial charge < -0.3 is 10.8 Å². The van der Waals surface area contributed by atoms with E-state index in [1.807, 2.05) is 6.07 Å². The summed E-state index contributed by atoms with van der Waals surface area (Å²) in [5.74, 6) is -0.954. The molecular weight excluding hydrogens is 176 g/mol. The lowest BCUT2D eigenvalue weighted by Gasteiger charge is -1.91. The van der Waals surface area contributed by atoms with Crippen LogP contribution >= 0.6 is 11.3 Å². The molecule has 0 aliphatic carbocycles. The first-order valence-corrected chi connectivity index (χ1v) is 4.01. The quantitative estimate of drug-likeness (QED) is 0.709. The summed E-state index contributed by atoms with van der Waals surface area (Å²) in [5, 5.41) is 19.0. The summed E-state index contributed by atoms with van der Waals surface area (Å²) in [6, 6.07) is 1.87. The number of nitrogen functional groups attached to an aromatic ring is 1. The van der Waals surface area contributed by atoms with E-state index in [2.05, 4.69) is 0 Å². The Hall–Kier alpha value is -1.54. The highest BCUT2D eigenvalue weighted by Gasteiger charge is 2.11. The van der Waals surface area contributed by atoms with E-state index in [4.69, 9.17) is 16.1 Å². The normalized spacial score (nSPS) is 9.25. The van der Waals surface area contributed by atoms with Gasteiger partial charge in [0.15, 0.2) is 0 Å². The molecule has 0 saturated heterocycles. The van der Waals surface area contributed by atoms with E-state index in [1.165, 1.54) is 11.3 Å².